The van der Waals surface area contributed by atoms with Crippen LogP contribution in [-0.2, 0) is 9.53 Å². The fraction of sp³-hybridized carbons (Fsp3) is 0.300. The topological polar surface area (TPSA) is 26.3 Å². The van der Waals surface area contributed by atoms with E-state index in [1.165, 1.54) is 0 Å². The van der Waals surface area contributed by atoms with Crippen LogP contribution in [0.2, 0.25) is 0 Å². The molecular weight excluding hydrogens is 184 g/mol. The van der Waals surface area contributed by atoms with Crippen molar-refractivity contribution >= 4 is 17.7 Å². The molecule has 1 aromatic carbocycles. The first-order valence-electron chi connectivity index (χ1n) is 4.24. The summed E-state index contributed by atoms with van der Waals surface area (Å²) in [6.07, 6.45) is 0.832. The lowest BCUT2D eigenvalue weighted by molar-refractivity contribution is -0.137. The van der Waals surface area contributed by atoms with Crippen LogP contribution < -0.4 is 0 Å². The highest BCUT2D eigenvalue weighted by Gasteiger charge is 2.27. The Hall–Kier alpha value is -0.960. The van der Waals surface area contributed by atoms with Crippen LogP contribution in [0, 0.1) is 0 Å². The van der Waals surface area contributed by atoms with E-state index in [1.54, 1.807) is 11.8 Å². The Bertz CT molecular complexity index is 297. The molecule has 68 valence electrons. The number of thioether (sulfide) groups is 1. The minimum Gasteiger partial charge on any atom is -0.465 e. The summed E-state index contributed by atoms with van der Waals surface area (Å²) in [6, 6.07) is 9.94. The van der Waals surface area contributed by atoms with E-state index in [-0.39, 0.29) is 11.2 Å². The molecule has 13 heavy (non-hydrogen) atoms. The van der Waals surface area contributed by atoms with Crippen molar-refractivity contribution in [3.05, 3.63) is 30.3 Å². The Morgan fingerprint density at radius 2 is 2.08 bits per heavy atom. The fourth-order valence-electron chi connectivity index (χ4n) is 1.25. The van der Waals surface area contributed by atoms with Gasteiger partial charge in [0.05, 0.1) is 6.61 Å². The maximum absolute atomic E-state index is 11.1. The second-order valence-electron chi connectivity index (χ2n) is 2.88. The summed E-state index contributed by atoms with van der Waals surface area (Å²) >= 11 is 1.58. The number of ether oxygens (including phenoxy) is 1. The SMILES string of the molecule is O=C1OCCC1Sc1ccccc1. The summed E-state index contributed by atoms with van der Waals surface area (Å²) in [4.78, 5) is 12.3. The van der Waals surface area contributed by atoms with Gasteiger partial charge in [0.25, 0.3) is 0 Å². The number of benzene rings is 1. The molecule has 1 heterocycles. The third-order valence-electron chi connectivity index (χ3n) is 1.91. The average molecular weight is 194 g/mol. The average Bonchev–Trinajstić information content (AvgIpc) is 2.54. The molecule has 0 saturated carbocycles. The van der Waals surface area contributed by atoms with Gasteiger partial charge >= 0.3 is 5.97 Å². The van der Waals surface area contributed by atoms with Crippen LogP contribution in [0.25, 0.3) is 0 Å². The maximum atomic E-state index is 11.1. The number of rotatable bonds is 2. The molecular formula is C10H10O2S. The smallest absolute Gasteiger partial charge is 0.319 e. The van der Waals surface area contributed by atoms with Crippen LogP contribution in [0.15, 0.2) is 35.2 Å². The first-order valence-corrected chi connectivity index (χ1v) is 5.12. The molecule has 0 N–H and O–H groups in total. The standard InChI is InChI=1S/C10H10O2S/c11-10-9(6-7-12-10)13-8-4-2-1-3-5-8/h1-5,9H,6-7H2. The van der Waals surface area contributed by atoms with Crippen LogP contribution in [0.5, 0.6) is 0 Å². The molecule has 0 aromatic heterocycles. The van der Waals surface area contributed by atoms with Crippen LogP contribution in [0.1, 0.15) is 6.42 Å². The van der Waals surface area contributed by atoms with Gasteiger partial charge in [0, 0.05) is 11.3 Å². The number of carbonyl (C=O) groups excluding carboxylic acids is 1. The zero-order valence-corrected chi connectivity index (χ0v) is 7.92. The first-order chi connectivity index (χ1) is 6.36. The second-order valence-corrected chi connectivity index (χ2v) is 4.15. The van der Waals surface area contributed by atoms with E-state index in [9.17, 15) is 4.79 Å². The van der Waals surface area contributed by atoms with E-state index >= 15 is 0 Å². The number of hydrogen-bond acceptors (Lipinski definition) is 3. The molecule has 2 nitrogen and oxygen atoms in total. The van der Waals surface area contributed by atoms with Crippen molar-refractivity contribution in [2.75, 3.05) is 6.61 Å². The molecule has 0 spiro atoms. The van der Waals surface area contributed by atoms with Crippen molar-refractivity contribution < 1.29 is 9.53 Å². The van der Waals surface area contributed by atoms with E-state index in [0.29, 0.717) is 6.61 Å². The predicted molar refractivity (Wildman–Crippen MR) is 51.7 cm³/mol. The van der Waals surface area contributed by atoms with E-state index in [0.717, 1.165) is 11.3 Å². The molecule has 1 aliphatic rings. The number of hydrogen-bond donors (Lipinski definition) is 0. The van der Waals surface area contributed by atoms with Gasteiger partial charge in [0.15, 0.2) is 0 Å². The monoisotopic (exact) mass is 194 g/mol. The van der Waals surface area contributed by atoms with E-state index < -0.39 is 0 Å². The quantitative estimate of drug-likeness (QED) is 0.674. The Morgan fingerprint density at radius 3 is 2.69 bits per heavy atom. The van der Waals surface area contributed by atoms with Gasteiger partial charge in [-0.25, -0.2) is 0 Å². The Labute approximate surface area is 81.3 Å². The van der Waals surface area contributed by atoms with E-state index in [4.69, 9.17) is 4.74 Å². The van der Waals surface area contributed by atoms with Crippen molar-refractivity contribution in [2.24, 2.45) is 0 Å². The van der Waals surface area contributed by atoms with E-state index in [1.807, 2.05) is 30.3 Å². The highest BCUT2D eigenvalue weighted by atomic mass is 32.2. The zero-order valence-electron chi connectivity index (χ0n) is 7.10. The summed E-state index contributed by atoms with van der Waals surface area (Å²) in [5, 5.41) is 0.00222. The molecule has 1 aromatic rings. The largest absolute Gasteiger partial charge is 0.465 e. The minimum atomic E-state index is -0.0751. The number of cyclic esters (lactones) is 1. The van der Waals surface area contributed by atoms with Crippen molar-refractivity contribution in [2.45, 2.75) is 16.6 Å². The normalized spacial score (nSPS) is 21.5. The van der Waals surface area contributed by atoms with Crippen LogP contribution in [0.3, 0.4) is 0 Å². The van der Waals surface area contributed by atoms with E-state index in [2.05, 4.69) is 0 Å². The molecule has 1 saturated heterocycles. The highest BCUT2D eigenvalue weighted by Crippen LogP contribution is 2.28. The number of esters is 1. The summed E-state index contributed by atoms with van der Waals surface area (Å²) < 4.78 is 4.88. The molecule has 1 fully saturated rings. The summed E-state index contributed by atoms with van der Waals surface area (Å²) in [5.74, 6) is -0.0751. The Morgan fingerprint density at radius 1 is 1.31 bits per heavy atom. The van der Waals surface area contributed by atoms with Gasteiger partial charge in [-0.1, -0.05) is 18.2 Å². The lowest BCUT2D eigenvalue weighted by Crippen LogP contribution is -2.08. The van der Waals surface area contributed by atoms with Crippen molar-refractivity contribution in [3.63, 3.8) is 0 Å². The molecule has 0 radical (unpaired) electrons. The lowest BCUT2D eigenvalue weighted by Gasteiger charge is -2.03. The van der Waals surface area contributed by atoms with Gasteiger partial charge in [-0.15, -0.1) is 11.8 Å². The maximum Gasteiger partial charge on any atom is 0.319 e. The number of carbonyl (C=O) groups is 1. The molecule has 0 bridgehead atoms. The Balaban J connectivity index is 2.02. The van der Waals surface area contributed by atoms with Crippen LogP contribution in [0.4, 0.5) is 0 Å². The Kier molecular flexibility index (Phi) is 2.54. The van der Waals surface area contributed by atoms with Crippen LogP contribution >= 0.6 is 11.8 Å². The molecule has 1 atom stereocenters. The van der Waals surface area contributed by atoms with Gasteiger partial charge < -0.3 is 4.74 Å². The van der Waals surface area contributed by atoms with Crippen molar-refractivity contribution in [1.29, 1.82) is 0 Å². The fourth-order valence-corrected chi connectivity index (χ4v) is 2.27. The minimum absolute atomic E-state index is 0.00222. The summed E-state index contributed by atoms with van der Waals surface area (Å²) in [5.41, 5.74) is 0. The van der Waals surface area contributed by atoms with Gasteiger partial charge in [0.1, 0.15) is 5.25 Å². The predicted octanol–water partition coefficient (Wildman–Crippen LogP) is 2.09. The van der Waals surface area contributed by atoms with Crippen molar-refractivity contribution in [3.8, 4) is 0 Å². The highest BCUT2D eigenvalue weighted by molar-refractivity contribution is 8.00. The first kappa shape index (κ1) is 8.63. The van der Waals surface area contributed by atoms with Gasteiger partial charge in [-0.05, 0) is 12.1 Å². The van der Waals surface area contributed by atoms with Gasteiger partial charge in [0.2, 0.25) is 0 Å². The summed E-state index contributed by atoms with van der Waals surface area (Å²) in [6.45, 7) is 0.573. The van der Waals surface area contributed by atoms with Gasteiger partial charge in [-0.2, -0.15) is 0 Å². The molecule has 1 unspecified atom stereocenters. The molecule has 2 rings (SSSR count). The molecule has 0 aliphatic carbocycles. The molecule has 3 heteroatoms. The third-order valence-corrected chi connectivity index (χ3v) is 3.17. The second kappa shape index (κ2) is 3.83. The lowest BCUT2D eigenvalue weighted by atomic mass is 10.4. The van der Waals surface area contributed by atoms with Crippen molar-refractivity contribution in [1.82, 2.24) is 0 Å². The van der Waals surface area contributed by atoms with Gasteiger partial charge in [-0.3, -0.25) is 4.79 Å². The third kappa shape index (κ3) is 2.04. The molecule has 1 aliphatic heterocycles. The summed E-state index contributed by atoms with van der Waals surface area (Å²) in [7, 11) is 0. The zero-order chi connectivity index (χ0) is 9.10. The molecule has 0 amide bonds. The van der Waals surface area contributed by atoms with Crippen LogP contribution in [-0.4, -0.2) is 17.8 Å².